The number of anilines is 1. The highest BCUT2D eigenvalue weighted by molar-refractivity contribution is 6.33. The summed E-state index contributed by atoms with van der Waals surface area (Å²) < 4.78 is 16.8. The number of hydrogen-bond acceptors (Lipinski definition) is 10. The fourth-order valence-electron chi connectivity index (χ4n) is 4.11. The minimum Gasteiger partial charge on any atom is -0.464 e. The van der Waals surface area contributed by atoms with E-state index in [-0.39, 0.29) is 37.8 Å². The molecule has 208 valence electrons. The number of nitro benzene ring substituents is 2. The molecule has 0 aliphatic heterocycles. The fourth-order valence-corrected chi connectivity index (χ4v) is 4.46. The molecular weight excluding hydrogens is 595 g/mol. The molecule has 0 saturated carbocycles. The molecule has 3 heterocycles. The van der Waals surface area contributed by atoms with Crippen LogP contribution in [0.5, 0.6) is 0 Å². The van der Waals surface area contributed by atoms with E-state index in [1.54, 1.807) is 0 Å². The summed E-state index contributed by atoms with van der Waals surface area (Å²) in [6.45, 7) is 0. The monoisotopic (exact) mass is 606 g/mol. The van der Waals surface area contributed by atoms with Gasteiger partial charge in [0.25, 0.3) is 23.2 Å². The quantitative estimate of drug-likeness (QED) is 0.103. The summed E-state index contributed by atoms with van der Waals surface area (Å²) in [6, 6.07) is 13.9. The van der Waals surface area contributed by atoms with Crippen molar-refractivity contribution in [2.75, 3.05) is 4.90 Å². The smallest absolute Gasteiger partial charge is 0.282 e. The minimum absolute atomic E-state index is 0.0285. The minimum atomic E-state index is -1.38. The van der Waals surface area contributed by atoms with Crippen molar-refractivity contribution in [3.63, 3.8) is 0 Å². The third-order valence-electron chi connectivity index (χ3n) is 5.89. The van der Waals surface area contributed by atoms with Gasteiger partial charge in [0.05, 0.1) is 27.9 Å². The summed E-state index contributed by atoms with van der Waals surface area (Å²) in [4.78, 5) is 50.3. The Bertz CT molecular complexity index is 1850. The van der Waals surface area contributed by atoms with E-state index >= 15 is 0 Å². The van der Waals surface area contributed by atoms with E-state index in [2.05, 4.69) is 0 Å². The van der Waals surface area contributed by atoms with Crippen molar-refractivity contribution in [2.24, 2.45) is 0 Å². The molecule has 5 aromatic rings. The van der Waals surface area contributed by atoms with Gasteiger partial charge in [-0.1, -0.05) is 23.2 Å². The summed E-state index contributed by atoms with van der Waals surface area (Å²) in [5, 5.41) is 33.7. The van der Waals surface area contributed by atoms with Crippen LogP contribution in [0.4, 0.5) is 17.3 Å². The molecule has 0 radical (unpaired) electrons. The molecule has 0 bridgehead atoms. The predicted octanol–water partition coefficient (Wildman–Crippen LogP) is 7.28. The highest BCUT2D eigenvalue weighted by Crippen LogP contribution is 2.44. The molecular formula is C27H12Cl2N4O9. The fraction of sp³-hybridized carbons (Fsp3) is 0. The van der Waals surface area contributed by atoms with Crippen LogP contribution in [0.2, 0.25) is 10.0 Å². The van der Waals surface area contributed by atoms with E-state index < -0.39 is 55.6 Å². The maximum Gasteiger partial charge on any atom is 0.282 e. The molecule has 0 aliphatic carbocycles. The summed E-state index contributed by atoms with van der Waals surface area (Å²) in [6.07, 6.45) is 2.60. The number of carbonyl (C=O) groups excluding carboxylic acids is 2. The van der Waals surface area contributed by atoms with Crippen molar-refractivity contribution >= 4 is 52.3 Å². The van der Waals surface area contributed by atoms with Crippen molar-refractivity contribution in [1.82, 2.24) is 0 Å². The molecule has 5 rings (SSSR count). The molecule has 13 nitrogen and oxygen atoms in total. The van der Waals surface area contributed by atoms with Gasteiger partial charge >= 0.3 is 0 Å². The second-order valence-corrected chi connectivity index (χ2v) is 9.21. The van der Waals surface area contributed by atoms with Crippen molar-refractivity contribution in [3.8, 4) is 28.9 Å². The Labute approximate surface area is 244 Å². The lowest BCUT2D eigenvalue weighted by atomic mass is 10.1. The van der Waals surface area contributed by atoms with Crippen molar-refractivity contribution in [2.45, 2.75) is 0 Å². The summed E-state index contributed by atoms with van der Waals surface area (Å²) in [5.74, 6) is -3.50. The summed E-state index contributed by atoms with van der Waals surface area (Å²) in [7, 11) is 0. The third kappa shape index (κ3) is 4.87. The number of amides is 2. The molecule has 0 unspecified atom stereocenters. The van der Waals surface area contributed by atoms with Crippen LogP contribution in [0.25, 0.3) is 22.8 Å². The second-order valence-electron chi connectivity index (χ2n) is 8.34. The van der Waals surface area contributed by atoms with E-state index in [4.69, 9.17) is 36.5 Å². The average Bonchev–Trinajstić information content (AvgIpc) is 3.73. The Morgan fingerprint density at radius 2 is 1.31 bits per heavy atom. The molecule has 0 saturated heterocycles. The van der Waals surface area contributed by atoms with E-state index in [0.717, 1.165) is 36.4 Å². The number of hydrogen-bond donors (Lipinski definition) is 0. The summed E-state index contributed by atoms with van der Waals surface area (Å²) in [5.41, 5.74) is -3.29. The van der Waals surface area contributed by atoms with Crippen LogP contribution in [-0.4, -0.2) is 21.7 Å². The molecule has 3 aromatic heterocycles. The first-order valence-corrected chi connectivity index (χ1v) is 12.3. The number of imide groups is 1. The first-order valence-electron chi connectivity index (χ1n) is 11.5. The highest BCUT2D eigenvalue weighted by Gasteiger charge is 2.40. The van der Waals surface area contributed by atoms with Gasteiger partial charge in [0.15, 0.2) is 11.5 Å². The third-order valence-corrected chi connectivity index (χ3v) is 6.36. The van der Waals surface area contributed by atoms with Crippen LogP contribution < -0.4 is 4.90 Å². The Morgan fingerprint density at radius 1 is 0.810 bits per heavy atom. The molecule has 42 heavy (non-hydrogen) atoms. The van der Waals surface area contributed by atoms with E-state index in [0.29, 0.717) is 0 Å². The lowest BCUT2D eigenvalue weighted by Crippen LogP contribution is -2.38. The van der Waals surface area contributed by atoms with Crippen LogP contribution in [0, 0.1) is 31.6 Å². The van der Waals surface area contributed by atoms with E-state index in [9.17, 15) is 35.1 Å². The second kappa shape index (κ2) is 11.0. The molecule has 0 spiro atoms. The lowest BCUT2D eigenvalue weighted by molar-refractivity contribution is -0.385. The average molecular weight is 607 g/mol. The first-order chi connectivity index (χ1) is 20.1. The van der Waals surface area contributed by atoms with Gasteiger partial charge in [-0.15, -0.1) is 0 Å². The molecule has 0 fully saturated rings. The van der Waals surface area contributed by atoms with Gasteiger partial charge in [-0.25, -0.2) is 4.90 Å². The van der Waals surface area contributed by atoms with Gasteiger partial charge in [0.1, 0.15) is 28.5 Å². The standard InChI is InChI=1S/C27H12Cl2N4O9/c28-14-5-7-19(32(36)37)16(11-14)25(34)31(26(35)17-12-15(29)6-8-20(17)33(38)39)27-18(13-30)23(21-3-1-9-40-21)24(42-27)22-4-2-10-41-22/h1-12H. The van der Waals surface area contributed by atoms with Crippen LogP contribution in [0.1, 0.15) is 26.3 Å². The van der Waals surface area contributed by atoms with Gasteiger partial charge in [0.2, 0.25) is 5.88 Å². The number of halogens is 2. The van der Waals surface area contributed by atoms with Gasteiger partial charge in [0, 0.05) is 22.2 Å². The molecule has 15 heteroatoms. The predicted molar refractivity (Wildman–Crippen MR) is 146 cm³/mol. The summed E-state index contributed by atoms with van der Waals surface area (Å²) >= 11 is 12.1. The Kier molecular flexibility index (Phi) is 7.32. The number of furan rings is 3. The van der Waals surface area contributed by atoms with Crippen molar-refractivity contribution in [1.29, 1.82) is 5.26 Å². The van der Waals surface area contributed by atoms with Gasteiger partial charge < -0.3 is 13.3 Å². The van der Waals surface area contributed by atoms with Crippen molar-refractivity contribution < 1.29 is 32.7 Å². The SMILES string of the molecule is N#Cc1c(N(C(=O)c2cc(Cl)ccc2[N+](=O)[O-])C(=O)c2cc(Cl)ccc2[N+](=O)[O-])oc(-c2ccco2)c1-c1ccco1. The van der Waals surface area contributed by atoms with Gasteiger partial charge in [-0.05, 0) is 48.5 Å². The number of rotatable bonds is 7. The zero-order valence-electron chi connectivity index (χ0n) is 20.6. The number of benzene rings is 2. The maximum atomic E-state index is 14.1. The molecule has 0 aliphatic rings. The number of nitrogens with zero attached hydrogens (tertiary/aromatic N) is 4. The molecule has 0 atom stereocenters. The van der Waals surface area contributed by atoms with E-state index in [1.807, 2.05) is 6.07 Å². The first kappa shape index (κ1) is 27.8. The Morgan fingerprint density at radius 3 is 1.74 bits per heavy atom. The molecule has 0 N–H and O–H groups in total. The Balaban J connectivity index is 1.85. The zero-order chi connectivity index (χ0) is 30.1. The lowest BCUT2D eigenvalue weighted by Gasteiger charge is -2.19. The Hall–Kier alpha value is -5.71. The normalized spacial score (nSPS) is 10.7. The number of nitro groups is 2. The van der Waals surface area contributed by atoms with Gasteiger partial charge in [-0.3, -0.25) is 29.8 Å². The van der Waals surface area contributed by atoms with Gasteiger partial charge in [-0.2, -0.15) is 5.26 Å². The van der Waals surface area contributed by atoms with Crippen molar-refractivity contribution in [3.05, 3.63) is 120 Å². The topological polar surface area (TPSA) is 187 Å². The highest BCUT2D eigenvalue weighted by atomic mass is 35.5. The zero-order valence-corrected chi connectivity index (χ0v) is 22.2. The van der Waals surface area contributed by atoms with Crippen LogP contribution in [0.15, 0.2) is 86.4 Å². The van der Waals surface area contributed by atoms with Crippen LogP contribution in [-0.2, 0) is 0 Å². The molecule has 2 aromatic carbocycles. The maximum absolute atomic E-state index is 14.1. The van der Waals surface area contributed by atoms with Crippen LogP contribution >= 0.6 is 23.2 Å². The van der Waals surface area contributed by atoms with E-state index in [1.165, 1.54) is 36.8 Å². The van der Waals surface area contributed by atoms with Crippen LogP contribution in [0.3, 0.4) is 0 Å². The largest absolute Gasteiger partial charge is 0.464 e. The number of nitriles is 1. The number of carbonyl (C=O) groups is 2. The molecule has 2 amide bonds.